The molecule has 2 aromatic rings. The Hall–Kier alpha value is -1.68. The molecule has 4 heteroatoms. The van der Waals surface area contributed by atoms with Crippen molar-refractivity contribution in [3.63, 3.8) is 0 Å². The molecule has 0 saturated heterocycles. The van der Waals surface area contributed by atoms with E-state index in [9.17, 15) is 0 Å². The summed E-state index contributed by atoms with van der Waals surface area (Å²) >= 11 is 0. The first-order valence-electron chi connectivity index (χ1n) is 5.62. The number of benzene rings is 1. The van der Waals surface area contributed by atoms with Crippen molar-refractivity contribution in [2.24, 2.45) is 5.73 Å². The quantitative estimate of drug-likeness (QED) is 0.861. The zero-order valence-electron chi connectivity index (χ0n) is 10.6. The molecule has 0 amide bonds. The number of rotatable bonds is 2. The molecule has 1 aromatic heterocycles. The Morgan fingerprint density at radius 2 is 1.71 bits per heavy atom. The highest BCUT2D eigenvalue weighted by molar-refractivity contribution is 5.39. The maximum absolute atomic E-state index is 6.16. The van der Waals surface area contributed by atoms with Crippen LogP contribution in [0.15, 0.2) is 16.7 Å². The van der Waals surface area contributed by atoms with Gasteiger partial charge in [-0.15, -0.1) is 0 Å². The minimum atomic E-state index is -0.327. The van der Waals surface area contributed by atoms with Crippen LogP contribution in [0.25, 0.3) is 0 Å². The predicted molar refractivity (Wildman–Crippen MR) is 65.7 cm³/mol. The van der Waals surface area contributed by atoms with Crippen molar-refractivity contribution in [1.29, 1.82) is 0 Å². The van der Waals surface area contributed by atoms with E-state index in [1.165, 1.54) is 11.1 Å². The Labute approximate surface area is 101 Å². The predicted octanol–water partition coefficient (Wildman–Crippen LogP) is 2.35. The normalized spacial score (nSPS) is 12.8. The molecule has 0 saturated carbocycles. The standard InChI is InChI=1S/C13H17N3O/c1-7-5-9(3)11(6-8(7)2)12(14)13-15-10(4)17-16-13/h5-6,12H,14H2,1-4H3. The van der Waals surface area contributed by atoms with Crippen LogP contribution in [0.2, 0.25) is 0 Å². The van der Waals surface area contributed by atoms with Crippen LogP contribution >= 0.6 is 0 Å². The molecule has 0 fully saturated rings. The minimum Gasteiger partial charge on any atom is -0.340 e. The monoisotopic (exact) mass is 231 g/mol. The van der Waals surface area contributed by atoms with Crippen LogP contribution in [-0.2, 0) is 0 Å². The smallest absolute Gasteiger partial charge is 0.223 e. The van der Waals surface area contributed by atoms with E-state index < -0.39 is 0 Å². The third-order valence-corrected chi connectivity index (χ3v) is 3.04. The first-order chi connectivity index (χ1) is 7.99. The summed E-state index contributed by atoms with van der Waals surface area (Å²) in [6, 6.07) is 3.91. The van der Waals surface area contributed by atoms with E-state index in [0.717, 1.165) is 11.1 Å². The van der Waals surface area contributed by atoms with Crippen LogP contribution in [0.1, 0.15) is 40.0 Å². The minimum absolute atomic E-state index is 0.327. The van der Waals surface area contributed by atoms with E-state index in [1.807, 2.05) is 0 Å². The molecule has 0 radical (unpaired) electrons. The second-order valence-electron chi connectivity index (χ2n) is 4.44. The number of hydrogen-bond acceptors (Lipinski definition) is 4. The highest BCUT2D eigenvalue weighted by atomic mass is 16.5. The van der Waals surface area contributed by atoms with Gasteiger partial charge < -0.3 is 10.3 Å². The molecule has 1 unspecified atom stereocenters. The summed E-state index contributed by atoms with van der Waals surface area (Å²) in [5.41, 5.74) is 10.9. The Morgan fingerprint density at radius 3 is 2.29 bits per heavy atom. The van der Waals surface area contributed by atoms with Gasteiger partial charge in [0.15, 0.2) is 5.82 Å². The number of aryl methyl sites for hydroxylation is 4. The van der Waals surface area contributed by atoms with Crippen molar-refractivity contribution in [3.05, 3.63) is 46.1 Å². The fourth-order valence-electron chi connectivity index (χ4n) is 1.90. The van der Waals surface area contributed by atoms with E-state index >= 15 is 0 Å². The SMILES string of the molecule is Cc1nc(C(N)c2cc(C)c(C)cc2C)no1. The lowest BCUT2D eigenvalue weighted by Gasteiger charge is -2.13. The Kier molecular flexibility index (Phi) is 2.98. The average molecular weight is 231 g/mol. The van der Waals surface area contributed by atoms with Gasteiger partial charge in [0.25, 0.3) is 0 Å². The van der Waals surface area contributed by atoms with Crippen molar-refractivity contribution < 1.29 is 4.52 Å². The fourth-order valence-corrected chi connectivity index (χ4v) is 1.90. The highest BCUT2D eigenvalue weighted by Crippen LogP contribution is 2.23. The van der Waals surface area contributed by atoms with Gasteiger partial charge in [0.1, 0.15) is 0 Å². The molecule has 2 N–H and O–H groups in total. The van der Waals surface area contributed by atoms with Crippen molar-refractivity contribution in [2.75, 3.05) is 0 Å². The van der Waals surface area contributed by atoms with Crippen LogP contribution in [-0.4, -0.2) is 10.1 Å². The van der Waals surface area contributed by atoms with Gasteiger partial charge in [0, 0.05) is 6.92 Å². The zero-order valence-corrected chi connectivity index (χ0v) is 10.6. The lowest BCUT2D eigenvalue weighted by Crippen LogP contribution is -2.15. The molecule has 2 rings (SSSR count). The van der Waals surface area contributed by atoms with Crippen molar-refractivity contribution in [3.8, 4) is 0 Å². The molecule has 0 bridgehead atoms. The summed E-state index contributed by atoms with van der Waals surface area (Å²) in [5, 5.41) is 3.87. The van der Waals surface area contributed by atoms with Crippen molar-refractivity contribution in [1.82, 2.24) is 10.1 Å². The third kappa shape index (κ3) is 2.22. The molecule has 4 nitrogen and oxygen atoms in total. The Bertz CT molecular complexity index is 546. The van der Waals surface area contributed by atoms with Crippen LogP contribution in [0.4, 0.5) is 0 Å². The summed E-state index contributed by atoms with van der Waals surface area (Å²) in [4.78, 5) is 4.18. The van der Waals surface area contributed by atoms with E-state index in [-0.39, 0.29) is 6.04 Å². The topological polar surface area (TPSA) is 64.9 Å². The third-order valence-electron chi connectivity index (χ3n) is 3.04. The van der Waals surface area contributed by atoms with E-state index in [4.69, 9.17) is 10.3 Å². The van der Waals surface area contributed by atoms with Gasteiger partial charge in [-0.05, 0) is 43.0 Å². The molecule has 1 heterocycles. The second-order valence-corrected chi connectivity index (χ2v) is 4.44. The number of aromatic nitrogens is 2. The van der Waals surface area contributed by atoms with Crippen molar-refractivity contribution in [2.45, 2.75) is 33.7 Å². The molecule has 0 spiro atoms. The molecular weight excluding hydrogens is 214 g/mol. The Morgan fingerprint density at radius 1 is 1.06 bits per heavy atom. The first-order valence-corrected chi connectivity index (χ1v) is 5.62. The van der Waals surface area contributed by atoms with Gasteiger partial charge in [0.2, 0.25) is 5.89 Å². The fraction of sp³-hybridized carbons (Fsp3) is 0.385. The molecule has 0 aliphatic carbocycles. The molecular formula is C13H17N3O. The molecule has 17 heavy (non-hydrogen) atoms. The average Bonchev–Trinajstić information content (AvgIpc) is 2.69. The lowest BCUT2D eigenvalue weighted by molar-refractivity contribution is 0.385. The number of nitrogens with two attached hydrogens (primary N) is 1. The molecule has 1 atom stereocenters. The van der Waals surface area contributed by atoms with Gasteiger partial charge in [-0.2, -0.15) is 4.98 Å². The van der Waals surface area contributed by atoms with Gasteiger partial charge in [-0.25, -0.2) is 0 Å². The summed E-state index contributed by atoms with van der Waals surface area (Å²) in [6.07, 6.45) is 0. The number of nitrogens with zero attached hydrogens (tertiary/aromatic N) is 2. The first kappa shape index (κ1) is 11.8. The van der Waals surface area contributed by atoms with Crippen LogP contribution in [0, 0.1) is 27.7 Å². The van der Waals surface area contributed by atoms with Crippen LogP contribution < -0.4 is 5.73 Å². The van der Waals surface area contributed by atoms with Crippen LogP contribution in [0.5, 0.6) is 0 Å². The van der Waals surface area contributed by atoms with Gasteiger partial charge >= 0.3 is 0 Å². The zero-order chi connectivity index (χ0) is 12.6. The maximum Gasteiger partial charge on any atom is 0.223 e. The summed E-state index contributed by atoms with van der Waals surface area (Å²) in [6.45, 7) is 7.98. The van der Waals surface area contributed by atoms with E-state index in [1.54, 1.807) is 6.92 Å². The molecule has 90 valence electrons. The van der Waals surface area contributed by atoms with Gasteiger partial charge in [-0.3, -0.25) is 0 Å². The molecule has 0 aliphatic heterocycles. The van der Waals surface area contributed by atoms with E-state index in [0.29, 0.717) is 11.7 Å². The second kappa shape index (κ2) is 4.30. The lowest BCUT2D eigenvalue weighted by atomic mass is 9.96. The van der Waals surface area contributed by atoms with Crippen LogP contribution in [0.3, 0.4) is 0 Å². The maximum atomic E-state index is 6.16. The Balaban J connectivity index is 2.43. The van der Waals surface area contributed by atoms with Crippen molar-refractivity contribution >= 4 is 0 Å². The highest BCUT2D eigenvalue weighted by Gasteiger charge is 2.17. The summed E-state index contributed by atoms with van der Waals surface area (Å²) in [7, 11) is 0. The largest absolute Gasteiger partial charge is 0.340 e. The van der Waals surface area contributed by atoms with E-state index in [2.05, 4.69) is 43.0 Å². The molecule has 1 aromatic carbocycles. The summed E-state index contributed by atoms with van der Waals surface area (Å²) in [5.74, 6) is 1.07. The number of hydrogen-bond donors (Lipinski definition) is 1. The van der Waals surface area contributed by atoms with Gasteiger partial charge in [0.05, 0.1) is 6.04 Å². The summed E-state index contributed by atoms with van der Waals surface area (Å²) < 4.78 is 4.96. The van der Waals surface area contributed by atoms with Gasteiger partial charge in [-0.1, -0.05) is 17.3 Å². The molecule has 0 aliphatic rings.